The van der Waals surface area contributed by atoms with Crippen LogP contribution in [0.1, 0.15) is 0 Å². The number of hydrogen-bond donors (Lipinski definition) is 1. The summed E-state index contributed by atoms with van der Waals surface area (Å²) in [6.45, 7) is 0. The van der Waals surface area contributed by atoms with E-state index in [1.807, 2.05) is 42.5 Å². The Labute approximate surface area is 125 Å². The molecule has 0 atom stereocenters. The summed E-state index contributed by atoms with van der Waals surface area (Å²) < 4.78 is 0.755. The summed E-state index contributed by atoms with van der Waals surface area (Å²) in [6.07, 6.45) is 0. The van der Waals surface area contributed by atoms with Gasteiger partial charge in [0.25, 0.3) is 0 Å². The Morgan fingerprint density at radius 2 is 1.45 bits per heavy atom. The fourth-order valence-corrected chi connectivity index (χ4v) is 1.63. The van der Waals surface area contributed by atoms with Crippen LogP contribution in [0.4, 0.5) is 22.7 Å². The summed E-state index contributed by atoms with van der Waals surface area (Å²) in [7, 11) is 6.36. The summed E-state index contributed by atoms with van der Waals surface area (Å²) in [5, 5.41) is 8.46. The fourth-order valence-electron chi connectivity index (χ4n) is 1.63. The molecule has 0 saturated heterocycles. The highest BCUT2D eigenvalue weighted by Crippen LogP contribution is 2.25. The van der Waals surface area contributed by atoms with E-state index in [1.54, 1.807) is 0 Å². The molecule has 0 heterocycles. The van der Waals surface area contributed by atoms with Gasteiger partial charge in [0, 0.05) is 11.8 Å². The van der Waals surface area contributed by atoms with Crippen LogP contribution in [-0.2, 0) is 0 Å². The van der Waals surface area contributed by atoms with Gasteiger partial charge in [-0.2, -0.15) is 10.2 Å². The molecule has 0 aliphatic heterocycles. The third kappa shape index (κ3) is 4.33. The SMILES string of the molecule is C[N+](C)(C)c1cccc(/N=N/c2ccc(N)cc2)c1.[Cl-]. The Morgan fingerprint density at radius 1 is 0.850 bits per heavy atom. The molecule has 0 saturated carbocycles. The van der Waals surface area contributed by atoms with E-state index in [1.165, 1.54) is 5.69 Å². The van der Waals surface area contributed by atoms with Crippen molar-refractivity contribution in [3.8, 4) is 0 Å². The smallest absolute Gasteiger partial charge is 0.134 e. The normalized spacial score (nSPS) is 11.3. The number of halogens is 1. The van der Waals surface area contributed by atoms with E-state index >= 15 is 0 Å². The zero-order chi connectivity index (χ0) is 13.9. The van der Waals surface area contributed by atoms with Gasteiger partial charge in [-0.3, -0.25) is 4.48 Å². The van der Waals surface area contributed by atoms with E-state index in [0.29, 0.717) is 0 Å². The molecule has 0 fully saturated rings. The predicted octanol–water partition coefficient (Wildman–Crippen LogP) is 0.885. The molecule has 0 aliphatic rings. The van der Waals surface area contributed by atoms with Crippen molar-refractivity contribution >= 4 is 22.7 Å². The van der Waals surface area contributed by atoms with Gasteiger partial charge in [0.15, 0.2) is 0 Å². The van der Waals surface area contributed by atoms with Crippen molar-refractivity contribution in [3.63, 3.8) is 0 Å². The zero-order valence-corrected chi connectivity index (χ0v) is 12.7. The van der Waals surface area contributed by atoms with Crippen molar-refractivity contribution in [2.75, 3.05) is 26.9 Å². The minimum absolute atomic E-state index is 0. The summed E-state index contributed by atoms with van der Waals surface area (Å²) in [5.41, 5.74) is 9.19. The third-order valence-corrected chi connectivity index (χ3v) is 2.78. The topological polar surface area (TPSA) is 50.7 Å². The van der Waals surface area contributed by atoms with Gasteiger partial charge in [0.2, 0.25) is 0 Å². The second kappa shape index (κ2) is 6.50. The van der Waals surface area contributed by atoms with Crippen LogP contribution in [0.25, 0.3) is 0 Å². The van der Waals surface area contributed by atoms with Crippen molar-refractivity contribution in [1.29, 1.82) is 0 Å². The maximum atomic E-state index is 5.63. The van der Waals surface area contributed by atoms with Gasteiger partial charge in [0.05, 0.1) is 32.5 Å². The summed E-state index contributed by atoms with van der Waals surface area (Å²) in [4.78, 5) is 0. The molecule has 0 radical (unpaired) electrons. The van der Waals surface area contributed by atoms with Crippen molar-refractivity contribution < 1.29 is 12.4 Å². The highest BCUT2D eigenvalue weighted by Gasteiger charge is 2.11. The first-order valence-corrected chi connectivity index (χ1v) is 6.14. The van der Waals surface area contributed by atoms with E-state index in [2.05, 4.69) is 37.4 Å². The number of nitrogens with two attached hydrogens (primary N) is 1. The Kier molecular flexibility index (Phi) is 5.25. The summed E-state index contributed by atoms with van der Waals surface area (Å²) in [6, 6.07) is 15.4. The van der Waals surface area contributed by atoms with Gasteiger partial charge < -0.3 is 18.1 Å². The molecule has 20 heavy (non-hydrogen) atoms. The summed E-state index contributed by atoms with van der Waals surface area (Å²) >= 11 is 0. The number of nitrogen functional groups attached to an aromatic ring is 1. The molecular weight excluding hydrogens is 272 g/mol. The highest BCUT2D eigenvalue weighted by molar-refractivity contribution is 5.53. The van der Waals surface area contributed by atoms with E-state index in [9.17, 15) is 0 Å². The number of quaternary nitrogens is 1. The van der Waals surface area contributed by atoms with Gasteiger partial charge in [-0.15, -0.1) is 0 Å². The van der Waals surface area contributed by atoms with E-state index < -0.39 is 0 Å². The minimum atomic E-state index is 0. The summed E-state index contributed by atoms with van der Waals surface area (Å²) in [5.74, 6) is 0. The van der Waals surface area contributed by atoms with Crippen LogP contribution >= 0.6 is 0 Å². The molecule has 4 nitrogen and oxygen atoms in total. The van der Waals surface area contributed by atoms with Gasteiger partial charge in [-0.05, 0) is 36.4 Å². The Bertz CT molecular complexity index is 586. The first kappa shape index (κ1) is 16.1. The van der Waals surface area contributed by atoms with Crippen molar-refractivity contribution in [2.45, 2.75) is 0 Å². The molecule has 0 spiro atoms. The van der Waals surface area contributed by atoms with Gasteiger partial charge in [-0.25, -0.2) is 0 Å². The van der Waals surface area contributed by atoms with Gasteiger partial charge >= 0.3 is 0 Å². The van der Waals surface area contributed by atoms with Crippen molar-refractivity contribution in [3.05, 3.63) is 48.5 Å². The average Bonchev–Trinajstić information content (AvgIpc) is 2.37. The van der Waals surface area contributed by atoms with Gasteiger partial charge in [-0.1, -0.05) is 6.07 Å². The Balaban J connectivity index is 0.00000200. The number of azo groups is 1. The lowest BCUT2D eigenvalue weighted by molar-refractivity contribution is -0.00000423. The standard InChI is InChI=1S/C15H19N4.ClH/c1-19(2,3)15-6-4-5-14(11-15)18-17-13-9-7-12(16)8-10-13;/h4-11H,16H2,1-3H3;1H/q+1;/p-1/b18-17+;. The molecule has 106 valence electrons. The minimum Gasteiger partial charge on any atom is -1.00 e. The number of hydrogen-bond acceptors (Lipinski definition) is 3. The van der Waals surface area contributed by atoms with Crippen LogP contribution < -0.4 is 22.6 Å². The molecule has 0 aromatic heterocycles. The van der Waals surface area contributed by atoms with Crippen LogP contribution in [0.5, 0.6) is 0 Å². The first-order chi connectivity index (χ1) is 8.95. The molecule has 2 aromatic rings. The molecular formula is C15H19ClN4. The van der Waals surface area contributed by atoms with E-state index in [0.717, 1.165) is 21.5 Å². The number of rotatable bonds is 3. The van der Waals surface area contributed by atoms with Crippen LogP contribution in [0.2, 0.25) is 0 Å². The van der Waals surface area contributed by atoms with Crippen molar-refractivity contribution in [1.82, 2.24) is 4.48 Å². The fraction of sp³-hybridized carbons (Fsp3) is 0.200. The molecule has 2 N–H and O–H groups in total. The quantitative estimate of drug-likeness (QED) is 0.509. The number of nitrogens with zero attached hydrogens (tertiary/aromatic N) is 3. The highest BCUT2D eigenvalue weighted by atomic mass is 35.5. The second-order valence-corrected chi connectivity index (χ2v) is 5.32. The largest absolute Gasteiger partial charge is 1.00 e. The molecule has 2 aromatic carbocycles. The molecule has 0 bridgehead atoms. The molecule has 5 heteroatoms. The average molecular weight is 291 g/mol. The zero-order valence-electron chi connectivity index (χ0n) is 11.9. The Morgan fingerprint density at radius 3 is 2.05 bits per heavy atom. The monoisotopic (exact) mass is 290 g/mol. The van der Waals surface area contributed by atoms with Crippen LogP contribution in [0, 0.1) is 0 Å². The number of anilines is 1. The van der Waals surface area contributed by atoms with Crippen LogP contribution in [0.15, 0.2) is 58.8 Å². The number of benzene rings is 2. The lowest BCUT2D eigenvalue weighted by Gasteiger charge is -2.23. The van der Waals surface area contributed by atoms with Gasteiger partial charge in [0.1, 0.15) is 5.69 Å². The first-order valence-electron chi connectivity index (χ1n) is 6.14. The maximum Gasteiger partial charge on any atom is 0.134 e. The second-order valence-electron chi connectivity index (χ2n) is 5.32. The molecule has 0 aliphatic carbocycles. The lowest BCUT2D eigenvalue weighted by Crippen LogP contribution is -3.00. The predicted molar refractivity (Wildman–Crippen MR) is 81.0 cm³/mol. The Hall–Kier alpha value is -1.91. The van der Waals surface area contributed by atoms with Crippen LogP contribution in [0.3, 0.4) is 0 Å². The maximum absolute atomic E-state index is 5.63. The van der Waals surface area contributed by atoms with E-state index in [-0.39, 0.29) is 12.4 Å². The molecule has 0 unspecified atom stereocenters. The molecule has 0 amide bonds. The van der Waals surface area contributed by atoms with Crippen molar-refractivity contribution in [2.24, 2.45) is 10.2 Å². The van der Waals surface area contributed by atoms with Crippen LogP contribution in [-0.4, -0.2) is 21.1 Å². The molecule has 2 rings (SSSR count). The van der Waals surface area contributed by atoms with E-state index in [4.69, 9.17) is 5.73 Å². The third-order valence-electron chi connectivity index (χ3n) is 2.78. The lowest BCUT2D eigenvalue weighted by atomic mass is 10.2.